The minimum Gasteiger partial charge on any atom is -0.475 e. The molecule has 2 N–H and O–H groups in total. The molecule has 1 aliphatic heterocycles. The Kier molecular flexibility index (Phi) is 7.34. The lowest BCUT2D eigenvalue weighted by Crippen LogP contribution is -2.26. The van der Waals surface area contributed by atoms with E-state index < -0.39 is 29.8 Å². The number of alkyl halides is 6. The Morgan fingerprint density at radius 1 is 1.32 bits per heavy atom. The number of nitrogens with zero attached hydrogens (tertiary/aromatic N) is 4. The third-order valence-corrected chi connectivity index (χ3v) is 4.86. The van der Waals surface area contributed by atoms with Crippen LogP contribution in [-0.4, -0.2) is 68.2 Å². The average molecular weight is 457 g/mol. The minimum atomic E-state index is -5.08. The normalized spacial score (nSPS) is 18.6. The van der Waals surface area contributed by atoms with E-state index in [9.17, 15) is 31.1 Å². The van der Waals surface area contributed by atoms with Crippen LogP contribution in [0.25, 0.3) is 11.0 Å². The van der Waals surface area contributed by atoms with Gasteiger partial charge in [0.25, 0.3) is 5.56 Å². The fourth-order valence-electron chi connectivity index (χ4n) is 3.18. The van der Waals surface area contributed by atoms with Gasteiger partial charge in [0.2, 0.25) is 0 Å². The van der Waals surface area contributed by atoms with Crippen molar-refractivity contribution in [3.63, 3.8) is 0 Å². The van der Waals surface area contributed by atoms with Crippen LogP contribution in [0.5, 0.6) is 0 Å². The lowest BCUT2D eigenvalue weighted by atomic mass is 10.0. The van der Waals surface area contributed by atoms with Gasteiger partial charge in [0.15, 0.2) is 5.65 Å². The first-order valence-corrected chi connectivity index (χ1v) is 9.25. The summed E-state index contributed by atoms with van der Waals surface area (Å²) in [6.07, 6.45) is -7.48. The van der Waals surface area contributed by atoms with Gasteiger partial charge in [0.05, 0.1) is 18.2 Å². The van der Waals surface area contributed by atoms with Crippen LogP contribution < -0.4 is 5.56 Å². The third-order valence-electron chi connectivity index (χ3n) is 4.86. The van der Waals surface area contributed by atoms with Crippen molar-refractivity contribution in [1.29, 1.82) is 0 Å². The molecule has 2 aromatic heterocycles. The zero-order valence-corrected chi connectivity index (χ0v) is 16.6. The molecule has 1 fully saturated rings. The van der Waals surface area contributed by atoms with E-state index >= 15 is 0 Å². The van der Waals surface area contributed by atoms with E-state index in [0.29, 0.717) is 11.0 Å². The number of nitrogens with one attached hydrogen (secondary N) is 1. The number of carboxylic acids is 1. The number of aliphatic carboxylic acids is 1. The highest BCUT2D eigenvalue weighted by atomic mass is 19.4. The number of halogens is 6. The van der Waals surface area contributed by atoms with E-state index in [1.165, 1.54) is 13.1 Å². The summed E-state index contributed by atoms with van der Waals surface area (Å²) in [5.74, 6) is -4.22. The molecule has 14 heteroatoms. The van der Waals surface area contributed by atoms with E-state index in [4.69, 9.17) is 9.90 Å². The Bertz CT molecular complexity index is 968. The van der Waals surface area contributed by atoms with Crippen LogP contribution in [0, 0.1) is 5.92 Å². The van der Waals surface area contributed by atoms with Gasteiger partial charge in [-0.25, -0.2) is 14.5 Å². The summed E-state index contributed by atoms with van der Waals surface area (Å²) < 4.78 is 72.4. The number of likely N-dealkylation sites (tertiary alicyclic amines) is 1. The standard InChI is InChI=1S/C15H20F3N5O.C2HF3O2/c1-3-9(15(16,17)18)6-12-20-13-11(14(24)21-12)7-19-23(13)10-4-5-22(2)8-10;3-2(4,5)1(6)7/h7,9-10H,3-6,8H2,1-2H3,(H,20,21,24);(H,6,7). The second-order valence-electron chi connectivity index (χ2n) is 7.20. The minimum absolute atomic E-state index is 0.0576. The largest absolute Gasteiger partial charge is 0.490 e. The molecule has 1 saturated heterocycles. The van der Waals surface area contributed by atoms with Crippen LogP contribution in [0.1, 0.15) is 31.6 Å². The number of hydrogen-bond acceptors (Lipinski definition) is 5. The summed E-state index contributed by atoms with van der Waals surface area (Å²) in [5, 5.41) is 11.7. The number of aromatic amines is 1. The molecule has 2 atom stereocenters. The number of rotatable bonds is 4. The summed E-state index contributed by atoms with van der Waals surface area (Å²) in [6, 6.07) is 0.0826. The monoisotopic (exact) mass is 457 g/mol. The zero-order valence-electron chi connectivity index (χ0n) is 16.6. The van der Waals surface area contributed by atoms with Crippen LogP contribution in [-0.2, 0) is 11.2 Å². The molecule has 8 nitrogen and oxygen atoms in total. The molecule has 0 aromatic carbocycles. The zero-order chi connectivity index (χ0) is 23.6. The van der Waals surface area contributed by atoms with Gasteiger partial charge in [0, 0.05) is 19.5 Å². The Morgan fingerprint density at radius 3 is 2.39 bits per heavy atom. The van der Waals surface area contributed by atoms with Gasteiger partial charge in [-0.15, -0.1) is 0 Å². The van der Waals surface area contributed by atoms with Crippen LogP contribution in [0.15, 0.2) is 11.0 Å². The van der Waals surface area contributed by atoms with Crippen molar-refractivity contribution < 1.29 is 36.2 Å². The molecule has 1 aliphatic rings. The lowest BCUT2D eigenvalue weighted by Gasteiger charge is -2.18. The lowest BCUT2D eigenvalue weighted by molar-refractivity contribution is -0.192. The third kappa shape index (κ3) is 6.18. The number of aromatic nitrogens is 4. The number of carboxylic acid groups (broad SMARTS) is 1. The van der Waals surface area contributed by atoms with E-state index in [-0.39, 0.29) is 24.7 Å². The first-order valence-electron chi connectivity index (χ1n) is 9.25. The topological polar surface area (TPSA) is 104 Å². The quantitative estimate of drug-likeness (QED) is 0.685. The Morgan fingerprint density at radius 2 is 1.94 bits per heavy atom. The molecule has 3 rings (SSSR count). The maximum atomic E-state index is 13.0. The first kappa shape index (κ1) is 24.6. The Balaban J connectivity index is 0.000000423. The highest BCUT2D eigenvalue weighted by Gasteiger charge is 2.39. The smallest absolute Gasteiger partial charge is 0.475 e. The molecule has 0 spiro atoms. The highest BCUT2D eigenvalue weighted by molar-refractivity contribution is 5.73. The molecule has 2 aromatic rings. The molecule has 0 saturated carbocycles. The van der Waals surface area contributed by atoms with Crippen LogP contribution in [0.4, 0.5) is 26.3 Å². The van der Waals surface area contributed by atoms with Gasteiger partial charge in [0.1, 0.15) is 11.2 Å². The average Bonchev–Trinajstić information content (AvgIpc) is 3.24. The molecule has 0 radical (unpaired) electrons. The number of fused-ring (bicyclic) bond motifs is 1. The van der Waals surface area contributed by atoms with E-state index in [1.807, 2.05) is 7.05 Å². The van der Waals surface area contributed by atoms with Crippen molar-refractivity contribution in [2.24, 2.45) is 5.92 Å². The molecular formula is C17H21F6N5O3. The maximum absolute atomic E-state index is 13.0. The first-order chi connectivity index (χ1) is 14.2. The summed E-state index contributed by atoms with van der Waals surface area (Å²) >= 11 is 0. The van der Waals surface area contributed by atoms with Crippen molar-refractivity contribution in [3.8, 4) is 0 Å². The van der Waals surface area contributed by atoms with Crippen molar-refractivity contribution in [1.82, 2.24) is 24.6 Å². The van der Waals surface area contributed by atoms with Crippen LogP contribution >= 0.6 is 0 Å². The van der Waals surface area contributed by atoms with Gasteiger partial charge in [-0.1, -0.05) is 6.92 Å². The fraction of sp³-hybridized carbons (Fsp3) is 0.647. The van der Waals surface area contributed by atoms with Crippen LogP contribution in [0.2, 0.25) is 0 Å². The molecule has 174 valence electrons. The van der Waals surface area contributed by atoms with Crippen molar-refractivity contribution >= 4 is 17.0 Å². The Labute approximate surface area is 171 Å². The molecule has 0 amide bonds. The van der Waals surface area contributed by atoms with Gasteiger partial charge in [-0.2, -0.15) is 31.4 Å². The van der Waals surface area contributed by atoms with Gasteiger partial charge < -0.3 is 15.0 Å². The van der Waals surface area contributed by atoms with Crippen molar-refractivity contribution in [3.05, 3.63) is 22.4 Å². The van der Waals surface area contributed by atoms with E-state index in [1.54, 1.807) is 4.68 Å². The second-order valence-corrected chi connectivity index (χ2v) is 7.20. The van der Waals surface area contributed by atoms with Gasteiger partial charge in [-0.05, 0) is 19.9 Å². The fourth-order valence-corrected chi connectivity index (χ4v) is 3.18. The summed E-state index contributed by atoms with van der Waals surface area (Å²) in [7, 11) is 1.99. The summed E-state index contributed by atoms with van der Waals surface area (Å²) in [6.45, 7) is 3.17. The number of H-pyrrole nitrogens is 1. The SMILES string of the molecule is CCC(Cc1nc2c(cnn2C2CCN(C)C2)c(=O)[nH]1)C(F)(F)F.O=C(O)C(F)(F)F. The van der Waals surface area contributed by atoms with Crippen molar-refractivity contribution in [2.45, 2.75) is 44.6 Å². The molecule has 0 bridgehead atoms. The van der Waals surface area contributed by atoms with E-state index in [0.717, 1.165) is 19.5 Å². The highest BCUT2D eigenvalue weighted by Crippen LogP contribution is 2.31. The summed E-state index contributed by atoms with van der Waals surface area (Å²) in [5.41, 5.74) is -0.0734. The maximum Gasteiger partial charge on any atom is 0.490 e. The van der Waals surface area contributed by atoms with Gasteiger partial charge >= 0.3 is 18.3 Å². The number of carbonyl (C=O) groups is 1. The van der Waals surface area contributed by atoms with Crippen LogP contribution in [0.3, 0.4) is 0 Å². The van der Waals surface area contributed by atoms with Crippen molar-refractivity contribution in [2.75, 3.05) is 20.1 Å². The number of likely N-dealkylation sites (N-methyl/N-ethyl adjacent to an activating group) is 1. The van der Waals surface area contributed by atoms with E-state index in [2.05, 4.69) is 20.0 Å². The molecule has 0 aliphatic carbocycles. The molecular weight excluding hydrogens is 436 g/mol. The molecule has 31 heavy (non-hydrogen) atoms. The second kappa shape index (κ2) is 9.24. The summed E-state index contributed by atoms with van der Waals surface area (Å²) in [4.78, 5) is 30.0. The molecule has 2 unspecified atom stereocenters. The van der Waals surface area contributed by atoms with Gasteiger partial charge in [-0.3, -0.25) is 4.79 Å². The Hall–Kier alpha value is -2.64. The number of hydrogen-bond donors (Lipinski definition) is 2. The predicted octanol–water partition coefficient (Wildman–Crippen LogP) is 2.76. The predicted molar refractivity (Wildman–Crippen MR) is 96.5 cm³/mol. The molecule has 3 heterocycles.